The van der Waals surface area contributed by atoms with E-state index in [4.69, 9.17) is 10.5 Å². The molecule has 0 atom stereocenters. The van der Waals surface area contributed by atoms with Crippen molar-refractivity contribution in [3.05, 3.63) is 47.8 Å². The molecule has 0 aromatic heterocycles. The molecule has 1 aliphatic rings. The van der Waals surface area contributed by atoms with E-state index in [0.29, 0.717) is 11.3 Å². The third-order valence-corrected chi connectivity index (χ3v) is 3.21. The van der Waals surface area contributed by atoms with Crippen molar-refractivity contribution in [1.29, 1.82) is 0 Å². The number of ether oxygens (including phenoxy) is 1. The van der Waals surface area contributed by atoms with Gasteiger partial charge in [-0.05, 0) is 54.3 Å². The summed E-state index contributed by atoms with van der Waals surface area (Å²) >= 11 is 0. The second-order valence-electron chi connectivity index (χ2n) is 4.51. The number of anilines is 1. The molecule has 0 amide bonds. The van der Waals surface area contributed by atoms with Crippen LogP contribution in [0.3, 0.4) is 0 Å². The number of nitrogens with two attached hydrogens (primary N) is 1. The average Bonchev–Trinajstić information content (AvgIpc) is 2.41. The van der Waals surface area contributed by atoms with Gasteiger partial charge in [-0.25, -0.2) is 4.39 Å². The van der Waals surface area contributed by atoms with Crippen molar-refractivity contribution in [1.82, 2.24) is 0 Å². The molecule has 0 saturated carbocycles. The van der Waals surface area contributed by atoms with Crippen molar-refractivity contribution >= 4 is 5.69 Å². The van der Waals surface area contributed by atoms with Gasteiger partial charge in [0.1, 0.15) is 11.6 Å². The van der Waals surface area contributed by atoms with Gasteiger partial charge in [-0.1, -0.05) is 6.07 Å². The van der Waals surface area contributed by atoms with Gasteiger partial charge in [-0.15, -0.1) is 0 Å². The summed E-state index contributed by atoms with van der Waals surface area (Å²) in [7, 11) is 0. The van der Waals surface area contributed by atoms with Crippen molar-refractivity contribution in [3.8, 4) is 16.9 Å². The first-order chi connectivity index (χ1) is 8.74. The van der Waals surface area contributed by atoms with E-state index < -0.39 is 0 Å². The predicted molar refractivity (Wildman–Crippen MR) is 70.1 cm³/mol. The first kappa shape index (κ1) is 11.1. The molecule has 92 valence electrons. The summed E-state index contributed by atoms with van der Waals surface area (Å²) in [6, 6.07) is 10.4. The number of rotatable bonds is 1. The van der Waals surface area contributed by atoms with Gasteiger partial charge < -0.3 is 10.5 Å². The summed E-state index contributed by atoms with van der Waals surface area (Å²) in [6.07, 6.45) is 1.99. The third-order valence-electron chi connectivity index (χ3n) is 3.21. The zero-order valence-corrected chi connectivity index (χ0v) is 9.95. The van der Waals surface area contributed by atoms with Crippen LogP contribution in [0, 0.1) is 5.82 Å². The van der Waals surface area contributed by atoms with Crippen molar-refractivity contribution in [2.75, 3.05) is 12.3 Å². The number of fused-ring (bicyclic) bond motifs is 1. The predicted octanol–water partition coefficient (Wildman–Crippen LogP) is 3.40. The minimum atomic E-state index is -0.249. The molecule has 0 unspecified atom stereocenters. The largest absolute Gasteiger partial charge is 0.493 e. The Balaban J connectivity index is 2.09. The van der Waals surface area contributed by atoms with Crippen LogP contribution in [0.25, 0.3) is 11.1 Å². The first-order valence-electron chi connectivity index (χ1n) is 6.05. The molecule has 1 heterocycles. The third kappa shape index (κ3) is 1.92. The lowest BCUT2D eigenvalue weighted by Crippen LogP contribution is -2.08. The molecule has 0 aliphatic carbocycles. The molecule has 2 nitrogen and oxygen atoms in total. The van der Waals surface area contributed by atoms with E-state index in [9.17, 15) is 4.39 Å². The standard InChI is InChI=1S/C15H14FNO/c16-14-5-4-12(17)9-13(14)10-3-6-15-11(8-10)2-1-7-18-15/h3-6,8-9H,1-2,7,17H2. The molecule has 0 radical (unpaired) electrons. The van der Waals surface area contributed by atoms with Gasteiger partial charge in [0.25, 0.3) is 0 Å². The van der Waals surface area contributed by atoms with Crippen molar-refractivity contribution in [2.45, 2.75) is 12.8 Å². The molecular weight excluding hydrogens is 229 g/mol. The molecule has 2 aromatic rings. The van der Waals surface area contributed by atoms with Crippen LogP contribution < -0.4 is 10.5 Å². The second kappa shape index (κ2) is 4.33. The molecule has 3 rings (SSSR count). The zero-order chi connectivity index (χ0) is 12.5. The fourth-order valence-electron chi connectivity index (χ4n) is 2.29. The highest BCUT2D eigenvalue weighted by Crippen LogP contribution is 2.32. The SMILES string of the molecule is Nc1ccc(F)c(-c2ccc3c(c2)CCCO3)c1. The topological polar surface area (TPSA) is 35.2 Å². The molecule has 18 heavy (non-hydrogen) atoms. The Labute approximate surface area is 105 Å². The molecular formula is C15H14FNO. The molecule has 2 N–H and O–H groups in total. The van der Waals surface area contributed by atoms with Gasteiger partial charge in [0, 0.05) is 11.3 Å². The van der Waals surface area contributed by atoms with Crippen LogP contribution in [0.2, 0.25) is 0 Å². The molecule has 0 bridgehead atoms. The van der Waals surface area contributed by atoms with E-state index in [-0.39, 0.29) is 5.82 Å². The molecule has 1 aliphatic heterocycles. The second-order valence-corrected chi connectivity index (χ2v) is 4.51. The van der Waals surface area contributed by atoms with Gasteiger partial charge in [0.05, 0.1) is 6.61 Å². The summed E-state index contributed by atoms with van der Waals surface area (Å²) in [4.78, 5) is 0. The smallest absolute Gasteiger partial charge is 0.131 e. The summed E-state index contributed by atoms with van der Waals surface area (Å²) in [6.45, 7) is 0.763. The highest BCUT2D eigenvalue weighted by Gasteiger charge is 2.13. The van der Waals surface area contributed by atoms with Crippen LogP contribution in [0.1, 0.15) is 12.0 Å². The maximum absolute atomic E-state index is 13.8. The average molecular weight is 243 g/mol. The molecule has 0 fully saturated rings. The number of halogens is 1. The fourth-order valence-corrected chi connectivity index (χ4v) is 2.29. The van der Waals surface area contributed by atoms with Gasteiger partial charge in [0.15, 0.2) is 0 Å². The van der Waals surface area contributed by atoms with E-state index >= 15 is 0 Å². The van der Waals surface area contributed by atoms with Crippen LogP contribution in [0.5, 0.6) is 5.75 Å². The number of aryl methyl sites for hydroxylation is 1. The Hall–Kier alpha value is -2.03. The maximum Gasteiger partial charge on any atom is 0.131 e. The number of nitrogen functional groups attached to an aromatic ring is 1. The molecule has 0 saturated heterocycles. The Morgan fingerprint density at radius 3 is 2.89 bits per heavy atom. The summed E-state index contributed by atoms with van der Waals surface area (Å²) in [5.41, 5.74) is 8.82. The van der Waals surface area contributed by atoms with Gasteiger partial charge in [-0.2, -0.15) is 0 Å². The Morgan fingerprint density at radius 1 is 1.11 bits per heavy atom. The van der Waals surface area contributed by atoms with Gasteiger partial charge in [0.2, 0.25) is 0 Å². The lowest BCUT2D eigenvalue weighted by atomic mass is 9.98. The minimum Gasteiger partial charge on any atom is -0.493 e. The summed E-state index contributed by atoms with van der Waals surface area (Å²) in [5.74, 6) is 0.662. The van der Waals surface area contributed by atoms with Gasteiger partial charge >= 0.3 is 0 Å². The quantitative estimate of drug-likeness (QED) is 0.779. The van der Waals surface area contributed by atoms with E-state index in [1.54, 1.807) is 12.1 Å². The molecule has 0 spiro atoms. The van der Waals surface area contributed by atoms with Crippen molar-refractivity contribution in [2.24, 2.45) is 0 Å². The zero-order valence-electron chi connectivity index (χ0n) is 9.95. The van der Waals surface area contributed by atoms with Crippen molar-refractivity contribution < 1.29 is 9.13 Å². The Bertz CT molecular complexity index is 595. The normalized spacial score (nSPS) is 13.8. The lowest BCUT2D eigenvalue weighted by molar-refractivity contribution is 0.288. The van der Waals surface area contributed by atoms with Crippen LogP contribution in [-0.4, -0.2) is 6.61 Å². The number of benzene rings is 2. The van der Waals surface area contributed by atoms with Crippen LogP contribution in [0.15, 0.2) is 36.4 Å². The number of hydrogen-bond donors (Lipinski definition) is 1. The summed E-state index contributed by atoms with van der Waals surface area (Å²) < 4.78 is 19.4. The van der Waals surface area contributed by atoms with E-state index in [1.807, 2.05) is 18.2 Å². The molecule has 3 heteroatoms. The maximum atomic E-state index is 13.8. The van der Waals surface area contributed by atoms with E-state index in [1.165, 1.54) is 6.07 Å². The van der Waals surface area contributed by atoms with Crippen LogP contribution in [-0.2, 0) is 6.42 Å². The Morgan fingerprint density at radius 2 is 2.00 bits per heavy atom. The van der Waals surface area contributed by atoms with Crippen molar-refractivity contribution in [3.63, 3.8) is 0 Å². The molecule has 2 aromatic carbocycles. The first-order valence-corrected chi connectivity index (χ1v) is 6.05. The van der Waals surface area contributed by atoms with Crippen LogP contribution >= 0.6 is 0 Å². The highest BCUT2D eigenvalue weighted by molar-refractivity contribution is 5.69. The highest BCUT2D eigenvalue weighted by atomic mass is 19.1. The number of hydrogen-bond acceptors (Lipinski definition) is 2. The Kier molecular flexibility index (Phi) is 2.67. The monoisotopic (exact) mass is 243 g/mol. The van der Waals surface area contributed by atoms with E-state index in [0.717, 1.165) is 36.3 Å². The van der Waals surface area contributed by atoms with E-state index in [2.05, 4.69) is 0 Å². The summed E-state index contributed by atoms with van der Waals surface area (Å²) in [5, 5.41) is 0. The lowest BCUT2D eigenvalue weighted by Gasteiger charge is -2.18. The minimum absolute atomic E-state index is 0.249. The van der Waals surface area contributed by atoms with Crippen LogP contribution in [0.4, 0.5) is 10.1 Å². The fraction of sp³-hybridized carbons (Fsp3) is 0.200. The van der Waals surface area contributed by atoms with Gasteiger partial charge in [-0.3, -0.25) is 0 Å².